The van der Waals surface area contributed by atoms with Gasteiger partial charge >= 0.3 is 7.12 Å². The van der Waals surface area contributed by atoms with Crippen LogP contribution in [0, 0.1) is 0 Å². The molecule has 82 valence electrons. The smallest absolute Gasteiger partial charge is 0.423 e. The molecule has 0 aliphatic rings. The molecular formula is C8H12BNO4S. The summed E-state index contributed by atoms with van der Waals surface area (Å²) in [5.41, 5.74) is -0.0292. The zero-order valence-corrected chi connectivity index (χ0v) is 9.03. The van der Waals surface area contributed by atoms with Crippen molar-refractivity contribution in [2.24, 2.45) is 0 Å². The molecule has 7 heteroatoms. The van der Waals surface area contributed by atoms with E-state index in [-0.39, 0.29) is 16.9 Å². The topological polar surface area (TPSA) is 86.6 Å². The van der Waals surface area contributed by atoms with Crippen molar-refractivity contribution in [2.75, 3.05) is 6.54 Å². The molecular weight excluding hydrogens is 217 g/mol. The van der Waals surface area contributed by atoms with Crippen LogP contribution in [0.5, 0.6) is 0 Å². The van der Waals surface area contributed by atoms with E-state index in [1.165, 1.54) is 18.2 Å². The molecule has 0 amide bonds. The third-order valence-electron chi connectivity index (χ3n) is 1.82. The first kappa shape index (κ1) is 12.2. The molecule has 15 heavy (non-hydrogen) atoms. The lowest BCUT2D eigenvalue weighted by Gasteiger charge is -2.09. The second kappa shape index (κ2) is 4.76. The highest BCUT2D eigenvalue weighted by Gasteiger charge is 2.23. The van der Waals surface area contributed by atoms with Gasteiger partial charge in [0.05, 0.1) is 4.90 Å². The largest absolute Gasteiger partial charge is 0.489 e. The number of sulfonamides is 1. The Labute approximate surface area is 89.0 Å². The van der Waals surface area contributed by atoms with Crippen LogP contribution in [-0.4, -0.2) is 32.1 Å². The van der Waals surface area contributed by atoms with Crippen LogP contribution in [0.2, 0.25) is 0 Å². The average Bonchev–Trinajstić information content (AvgIpc) is 2.17. The first-order valence-corrected chi connectivity index (χ1v) is 5.92. The molecule has 0 spiro atoms. The van der Waals surface area contributed by atoms with Crippen LogP contribution in [0.25, 0.3) is 0 Å². The van der Waals surface area contributed by atoms with Gasteiger partial charge in [-0.15, -0.1) is 0 Å². The molecule has 0 aliphatic carbocycles. The normalized spacial score (nSPS) is 11.4. The van der Waals surface area contributed by atoms with Crippen molar-refractivity contribution in [3.63, 3.8) is 0 Å². The lowest BCUT2D eigenvalue weighted by molar-refractivity contribution is 0.424. The highest BCUT2D eigenvalue weighted by molar-refractivity contribution is 7.89. The number of rotatable bonds is 4. The van der Waals surface area contributed by atoms with Gasteiger partial charge in [0.15, 0.2) is 0 Å². The quantitative estimate of drug-likeness (QED) is 0.558. The van der Waals surface area contributed by atoms with E-state index >= 15 is 0 Å². The van der Waals surface area contributed by atoms with Crippen LogP contribution in [0.4, 0.5) is 0 Å². The fourth-order valence-electron chi connectivity index (χ4n) is 1.21. The molecule has 0 unspecified atom stereocenters. The molecule has 0 bridgehead atoms. The van der Waals surface area contributed by atoms with Crippen LogP contribution in [0.3, 0.4) is 0 Å². The Morgan fingerprint density at radius 1 is 1.33 bits per heavy atom. The fourth-order valence-corrected chi connectivity index (χ4v) is 2.48. The molecule has 0 aromatic heterocycles. The number of hydrogen-bond acceptors (Lipinski definition) is 4. The molecule has 0 aliphatic heterocycles. The molecule has 1 aromatic rings. The average molecular weight is 229 g/mol. The van der Waals surface area contributed by atoms with Crippen molar-refractivity contribution < 1.29 is 18.5 Å². The van der Waals surface area contributed by atoms with Gasteiger partial charge in [0.2, 0.25) is 10.0 Å². The maximum absolute atomic E-state index is 11.6. The summed E-state index contributed by atoms with van der Waals surface area (Å²) in [7, 11) is -5.45. The molecule has 1 aromatic carbocycles. The maximum Gasteiger partial charge on any atom is 0.489 e. The second-order valence-corrected chi connectivity index (χ2v) is 4.65. The minimum Gasteiger partial charge on any atom is -0.423 e. The van der Waals surface area contributed by atoms with E-state index in [1.54, 1.807) is 13.0 Å². The zero-order chi connectivity index (χ0) is 11.5. The predicted molar refractivity (Wildman–Crippen MR) is 57.1 cm³/mol. The molecule has 0 saturated heterocycles. The van der Waals surface area contributed by atoms with Gasteiger partial charge in [0.1, 0.15) is 0 Å². The number of hydrogen-bond donors (Lipinski definition) is 3. The van der Waals surface area contributed by atoms with E-state index in [1.807, 2.05) is 0 Å². The van der Waals surface area contributed by atoms with Gasteiger partial charge in [-0.25, -0.2) is 13.1 Å². The Morgan fingerprint density at radius 2 is 1.93 bits per heavy atom. The van der Waals surface area contributed by atoms with Crippen molar-refractivity contribution in [3.05, 3.63) is 24.3 Å². The Morgan fingerprint density at radius 3 is 2.47 bits per heavy atom. The molecule has 0 atom stereocenters. The first-order chi connectivity index (χ1) is 6.99. The third-order valence-corrected chi connectivity index (χ3v) is 3.44. The molecule has 5 nitrogen and oxygen atoms in total. The molecule has 0 saturated carbocycles. The Kier molecular flexibility index (Phi) is 3.86. The SMILES string of the molecule is CCNS(=O)(=O)c1ccccc1B(O)O. The zero-order valence-electron chi connectivity index (χ0n) is 8.21. The summed E-state index contributed by atoms with van der Waals surface area (Å²) in [5.74, 6) is 0. The van der Waals surface area contributed by atoms with Gasteiger partial charge in [-0.3, -0.25) is 0 Å². The van der Waals surface area contributed by atoms with E-state index in [0.29, 0.717) is 0 Å². The molecule has 0 heterocycles. The van der Waals surface area contributed by atoms with E-state index in [9.17, 15) is 8.42 Å². The van der Waals surface area contributed by atoms with Crippen molar-refractivity contribution in [2.45, 2.75) is 11.8 Å². The Bertz CT molecular complexity index is 432. The van der Waals surface area contributed by atoms with Gasteiger partial charge in [0, 0.05) is 12.0 Å². The lowest BCUT2D eigenvalue weighted by Crippen LogP contribution is -2.37. The van der Waals surface area contributed by atoms with Crippen LogP contribution >= 0.6 is 0 Å². The van der Waals surface area contributed by atoms with E-state index in [4.69, 9.17) is 10.0 Å². The number of benzene rings is 1. The van der Waals surface area contributed by atoms with Gasteiger partial charge in [-0.1, -0.05) is 25.1 Å². The van der Waals surface area contributed by atoms with Crippen molar-refractivity contribution in [1.29, 1.82) is 0 Å². The molecule has 3 N–H and O–H groups in total. The summed E-state index contributed by atoms with van der Waals surface area (Å²) in [6, 6.07) is 5.75. The Hall–Kier alpha value is -0.885. The van der Waals surface area contributed by atoms with Crippen LogP contribution in [-0.2, 0) is 10.0 Å². The van der Waals surface area contributed by atoms with Crippen LogP contribution in [0.15, 0.2) is 29.2 Å². The van der Waals surface area contributed by atoms with E-state index in [0.717, 1.165) is 0 Å². The summed E-state index contributed by atoms with van der Waals surface area (Å²) in [4.78, 5) is -0.109. The van der Waals surface area contributed by atoms with E-state index in [2.05, 4.69) is 4.72 Å². The fraction of sp³-hybridized carbons (Fsp3) is 0.250. The van der Waals surface area contributed by atoms with Gasteiger partial charge < -0.3 is 10.0 Å². The summed E-state index contributed by atoms with van der Waals surface area (Å²) in [6.45, 7) is 1.90. The minimum absolute atomic E-state index is 0.0292. The van der Waals surface area contributed by atoms with Gasteiger partial charge in [-0.2, -0.15) is 0 Å². The molecule has 0 radical (unpaired) electrons. The van der Waals surface area contributed by atoms with Crippen molar-refractivity contribution >= 4 is 22.6 Å². The minimum atomic E-state index is -3.66. The highest BCUT2D eigenvalue weighted by atomic mass is 32.2. The van der Waals surface area contributed by atoms with Crippen LogP contribution in [0.1, 0.15) is 6.92 Å². The summed E-state index contributed by atoms with van der Waals surface area (Å²) >= 11 is 0. The summed E-state index contributed by atoms with van der Waals surface area (Å²) in [5, 5.41) is 18.0. The maximum atomic E-state index is 11.6. The first-order valence-electron chi connectivity index (χ1n) is 4.43. The number of nitrogens with one attached hydrogen (secondary N) is 1. The lowest BCUT2D eigenvalue weighted by atomic mass is 9.80. The third kappa shape index (κ3) is 2.79. The van der Waals surface area contributed by atoms with E-state index < -0.39 is 17.1 Å². The monoisotopic (exact) mass is 229 g/mol. The summed E-state index contributed by atoms with van der Waals surface area (Å²) < 4.78 is 25.5. The highest BCUT2D eigenvalue weighted by Crippen LogP contribution is 2.05. The van der Waals surface area contributed by atoms with Crippen molar-refractivity contribution in [1.82, 2.24) is 4.72 Å². The molecule has 1 rings (SSSR count). The summed E-state index contributed by atoms with van der Waals surface area (Å²) in [6.07, 6.45) is 0. The predicted octanol–water partition coefficient (Wildman–Crippen LogP) is -1.34. The van der Waals surface area contributed by atoms with Gasteiger partial charge in [0.25, 0.3) is 0 Å². The molecule has 0 fully saturated rings. The second-order valence-electron chi connectivity index (χ2n) is 2.91. The standard InChI is InChI=1S/C8H12BNO4S/c1-2-10-15(13,14)8-6-4-3-5-7(8)9(11)12/h3-6,10-12H,2H2,1H3. The van der Waals surface area contributed by atoms with Crippen molar-refractivity contribution in [3.8, 4) is 0 Å². The van der Waals surface area contributed by atoms with Crippen LogP contribution < -0.4 is 10.2 Å². The Balaban J connectivity index is 3.25. The van der Waals surface area contributed by atoms with Gasteiger partial charge in [-0.05, 0) is 6.07 Å².